The number of sulfonamides is 1. The van der Waals surface area contributed by atoms with E-state index in [0.717, 1.165) is 12.8 Å². The van der Waals surface area contributed by atoms with Crippen LogP contribution in [0, 0.1) is 17.2 Å². The first-order chi connectivity index (χ1) is 9.94. The lowest BCUT2D eigenvalue weighted by atomic mass is 9.93. The molecule has 0 spiro atoms. The molecule has 0 saturated carbocycles. The van der Waals surface area contributed by atoms with E-state index < -0.39 is 10.0 Å². The molecule has 1 aromatic carbocycles. The first-order valence-electron chi connectivity index (χ1n) is 7.15. The highest BCUT2D eigenvalue weighted by molar-refractivity contribution is 7.88. The number of nitrogens with zero attached hydrogens (tertiary/aromatic N) is 2. The summed E-state index contributed by atoms with van der Waals surface area (Å²) in [7, 11) is -3.41. The minimum absolute atomic E-state index is 0.00519. The van der Waals surface area contributed by atoms with Gasteiger partial charge in [-0.05, 0) is 37.3 Å². The Labute approximate surface area is 126 Å². The normalized spacial score (nSPS) is 21.7. The van der Waals surface area contributed by atoms with Crippen LogP contribution in [0.25, 0.3) is 0 Å². The molecule has 1 fully saturated rings. The Balaban J connectivity index is 2.17. The van der Waals surface area contributed by atoms with E-state index in [1.54, 1.807) is 24.3 Å². The van der Waals surface area contributed by atoms with Crippen LogP contribution in [0.15, 0.2) is 24.3 Å². The third kappa shape index (κ3) is 3.82. The minimum Gasteiger partial charge on any atom is -0.328 e. The molecule has 6 heteroatoms. The maximum absolute atomic E-state index is 12.6. The SMILES string of the molecule is CC(N)C1CCCN(S(=O)(=O)Cc2ccccc2C#N)C1. The summed E-state index contributed by atoms with van der Waals surface area (Å²) in [5, 5.41) is 9.07. The van der Waals surface area contributed by atoms with Crippen LogP contribution in [-0.4, -0.2) is 31.9 Å². The van der Waals surface area contributed by atoms with E-state index in [1.165, 1.54) is 4.31 Å². The van der Waals surface area contributed by atoms with Crippen molar-refractivity contribution in [2.75, 3.05) is 13.1 Å². The number of benzene rings is 1. The molecule has 1 aromatic rings. The van der Waals surface area contributed by atoms with Crippen molar-refractivity contribution in [3.63, 3.8) is 0 Å². The second-order valence-electron chi connectivity index (χ2n) is 5.64. The fourth-order valence-electron chi connectivity index (χ4n) is 2.70. The summed E-state index contributed by atoms with van der Waals surface area (Å²) in [5.41, 5.74) is 6.88. The quantitative estimate of drug-likeness (QED) is 0.912. The molecule has 1 aliphatic heterocycles. The molecule has 0 aliphatic carbocycles. The van der Waals surface area contributed by atoms with Gasteiger partial charge in [-0.15, -0.1) is 0 Å². The lowest BCUT2D eigenvalue weighted by Gasteiger charge is -2.33. The van der Waals surface area contributed by atoms with Crippen LogP contribution in [0.1, 0.15) is 30.9 Å². The highest BCUT2D eigenvalue weighted by Gasteiger charge is 2.30. The summed E-state index contributed by atoms with van der Waals surface area (Å²) in [6, 6.07) is 8.88. The first kappa shape index (κ1) is 16.0. The summed E-state index contributed by atoms with van der Waals surface area (Å²) in [5.74, 6) is 0.0855. The van der Waals surface area contributed by atoms with Crippen LogP contribution in [0.2, 0.25) is 0 Å². The summed E-state index contributed by atoms with van der Waals surface area (Å²) in [6.45, 7) is 2.95. The molecule has 0 bridgehead atoms. The summed E-state index contributed by atoms with van der Waals surface area (Å²) in [4.78, 5) is 0. The smallest absolute Gasteiger partial charge is 0.218 e. The standard InChI is InChI=1S/C15H21N3O2S/c1-12(17)14-7-4-8-18(10-14)21(19,20)11-15-6-3-2-5-13(15)9-16/h2-3,5-6,12,14H,4,7-8,10-11,17H2,1H3. The van der Waals surface area contributed by atoms with Crippen molar-refractivity contribution in [3.8, 4) is 6.07 Å². The van der Waals surface area contributed by atoms with Gasteiger partial charge in [0.1, 0.15) is 0 Å². The van der Waals surface area contributed by atoms with Crippen LogP contribution >= 0.6 is 0 Å². The number of piperidine rings is 1. The molecule has 5 nitrogen and oxygen atoms in total. The second-order valence-corrected chi connectivity index (χ2v) is 7.61. The van der Waals surface area contributed by atoms with Gasteiger partial charge in [0.2, 0.25) is 10.0 Å². The molecule has 1 aliphatic rings. The zero-order chi connectivity index (χ0) is 15.5. The van der Waals surface area contributed by atoms with E-state index in [-0.39, 0.29) is 17.7 Å². The second kappa shape index (κ2) is 6.56. The van der Waals surface area contributed by atoms with Crippen molar-refractivity contribution in [1.82, 2.24) is 4.31 Å². The Morgan fingerprint density at radius 3 is 2.86 bits per heavy atom. The Kier molecular flexibility index (Phi) is 4.99. The molecule has 0 radical (unpaired) electrons. The van der Waals surface area contributed by atoms with Crippen LogP contribution < -0.4 is 5.73 Å². The molecule has 2 N–H and O–H groups in total. The van der Waals surface area contributed by atoms with Gasteiger partial charge in [-0.3, -0.25) is 0 Å². The molecule has 2 rings (SSSR count). The maximum Gasteiger partial charge on any atom is 0.218 e. The van der Waals surface area contributed by atoms with Gasteiger partial charge >= 0.3 is 0 Å². The number of nitriles is 1. The number of nitrogens with two attached hydrogens (primary N) is 1. The Hall–Kier alpha value is -1.42. The summed E-state index contributed by atoms with van der Waals surface area (Å²) in [6.07, 6.45) is 1.81. The molecular weight excluding hydrogens is 286 g/mol. The minimum atomic E-state index is -3.41. The van der Waals surface area contributed by atoms with E-state index in [4.69, 9.17) is 11.0 Å². The maximum atomic E-state index is 12.6. The Morgan fingerprint density at radius 2 is 2.19 bits per heavy atom. The molecular formula is C15H21N3O2S. The predicted molar refractivity (Wildman–Crippen MR) is 81.7 cm³/mol. The molecule has 0 amide bonds. The van der Waals surface area contributed by atoms with Crippen molar-refractivity contribution in [2.45, 2.75) is 31.6 Å². The van der Waals surface area contributed by atoms with Crippen LogP contribution in [0.5, 0.6) is 0 Å². The lowest BCUT2D eigenvalue weighted by molar-refractivity contribution is 0.243. The fraction of sp³-hybridized carbons (Fsp3) is 0.533. The average Bonchev–Trinajstić information content (AvgIpc) is 2.47. The highest BCUT2D eigenvalue weighted by atomic mass is 32.2. The molecule has 2 atom stereocenters. The van der Waals surface area contributed by atoms with E-state index >= 15 is 0 Å². The van der Waals surface area contributed by atoms with Gasteiger partial charge < -0.3 is 5.73 Å². The van der Waals surface area contributed by atoms with Gasteiger partial charge in [0, 0.05) is 19.1 Å². The number of hydrogen-bond donors (Lipinski definition) is 1. The third-order valence-electron chi connectivity index (χ3n) is 4.03. The van der Waals surface area contributed by atoms with Crippen LogP contribution in [-0.2, 0) is 15.8 Å². The van der Waals surface area contributed by atoms with Gasteiger partial charge in [-0.2, -0.15) is 5.26 Å². The van der Waals surface area contributed by atoms with E-state index in [9.17, 15) is 8.42 Å². The summed E-state index contributed by atoms with van der Waals surface area (Å²) >= 11 is 0. The summed E-state index contributed by atoms with van der Waals surface area (Å²) < 4.78 is 26.7. The largest absolute Gasteiger partial charge is 0.328 e. The van der Waals surface area contributed by atoms with Gasteiger partial charge in [-0.25, -0.2) is 12.7 Å². The highest BCUT2D eigenvalue weighted by Crippen LogP contribution is 2.23. The van der Waals surface area contributed by atoms with Crippen molar-refractivity contribution in [2.24, 2.45) is 11.7 Å². The number of rotatable bonds is 4. The van der Waals surface area contributed by atoms with Gasteiger partial charge in [-0.1, -0.05) is 18.2 Å². The lowest BCUT2D eigenvalue weighted by Crippen LogP contribution is -2.45. The van der Waals surface area contributed by atoms with Gasteiger partial charge in [0.15, 0.2) is 0 Å². The molecule has 21 heavy (non-hydrogen) atoms. The first-order valence-corrected chi connectivity index (χ1v) is 8.76. The van der Waals surface area contributed by atoms with Crippen LogP contribution in [0.3, 0.4) is 0 Å². The van der Waals surface area contributed by atoms with Crippen molar-refractivity contribution < 1.29 is 8.42 Å². The van der Waals surface area contributed by atoms with Gasteiger partial charge in [0.05, 0.1) is 17.4 Å². The van der Waals surface area contributed by atoms with Crippen molar-refractivity contribution in [1.29, 1.82) is 5.26 Å². The predicted octanol–water partition coefficient (Wildman–Crippen LogP) is 1.45. The zero-order valence-electron chi connectivity index (χ0n) is 12.2. The third-order valence-corrected chi connectivity index (χ3v) is 5.83. The van der Waals surface area contributed by atoms with E-state index in [0.29, 0.717) is 24.2 Å². The van der Waals surface area contributed by atoms with Crippen LogP contribution in [0.4, 0.5) is 0 Å². The molecule has 0 aromatic heterocycles. The average molecular weight is 307 g/mol. The zero-order valence-corrected chi connectivity index (χ0v) is 13.0. The molecule has 2 unspecified atom stereocenters. The fourth-order valence-corrected chi connectivity index (χ4v) is 4.35. The number of hydrogen-bond acceptors (Lipinski definition) is 4. The Morgan fingerprint density at radius 1 is 1.48 bits per heavy atom. The van der Waals surface area contributed by atoms with Crippen molar-refractivity contribution in [3.05, 3.63) is 35.4 Å². The Bertz CT molecular complexity index is 635. The van der Waals surface area contributed by atoms with E-state index in [1.807, 2.05) is 13.0 Å². The monoisotopic (exact) mass is 307 g/mol. The molecule has 1 heterocycles. The molecule has 1 saturated heterocycles. The topological polar surface area (TPSA) is 87.2 Å². The van der Waals surface area contributed by atoms with Gasteiger partial charge in [0.25, 0.3) is 0 Å². The molecule has 114 valence electrons. The van der Waals surface area contributed by atoms with Crippen molar-refractivity contribution >= 4 is 10.0 Å². The van der Waals surface area contributed by atoms with E-state index in [2.05, 4.69) is 0 Å².